The highest BCUT2D eigenvalue weighted by Crippen LogP contribution is 2.35. The highest BCUT2D eigenvalue weighted by molar-refractivity contribution is 6.06. The molecule has 154 valence electrons. The van der Waals surface area contributed by atoms with Gasteiger partial charge < -0.3 is 10.6 Å². The first kappa shape index (κ1) is 18.1. The number of nitrogens with one attached hydrogen (secondary N) is 2. The molecule has 7 heteroatoms. The molecule has 0 atom stereocenters. The summed E-state index contributed by atoms with van der Waals surface area (Å²) in [5.41, 5.74) is 6.97. The first-order chi connectivity index (χ1) is 15.2. The molecular weight excluding hydrogens is 393 g/mol. The van der Waals surface area contributed by atoms with Gasteiger partial charge in [0.1, 0.15) is 17.3 Å². The fraction of sp³-hybridized carbons (Fsp3) is 0.208. The number of fused-ring (bicyclic) bond motifs is 3. The van der Waals surface area contributed by atoms with Crippen molar-refractivity contribution in [3.63, 3.8) is 0 Å². The second-order valence-corrected chi connectivity index (χ2v) is 8.05. The summed E-state index contributed by atoms with van der Waals surface area (Å²) in [4.78, 5) is 21.8. The number of imidazole rings is 1. The molecule has 6 nitrogen and oxygen atoms in total. The van der Waals surface area contributed by atoms with E-state index in [-0.39, 0.29) is 11.7 Å². The summed E-state index contributed by atoms with van der Waals surface area (Å²) in [5.74, 6) is 0.307. The van der Waals surface area contributed by atoms with E-state index in [1.54, 1.807) is 12.4 Å². The molecule has 0 spiro atoms. The van der Waals surface area contributed by atoms with Crippen molar-refractivity contribution in [2.75, 3.05) is 5.32 Å². The number of amides is 1. The van der Waals surface area contributed by atoms with Crippen molar-refractivity contribution in [2.24, 2.45) is 0 Å². The number of carbonyl (C=O) groups excluding carboxylic acids is 1. The number of rotatable bonds is 3. The molecule has 6 rings (SSSR count). The van der Waals surface area contributed by atoms with Crippen LogP contribution in [0, 0.1) is 5.82 Å². The van der Waals surface area contributed by atoms with Crippen LogP contribution in [0.2, 0.25) is 0 Å². The van der Waals surface area contributed by atoms with Crippen molar-refractivity contribution < 1.29 is 9.18 Å². The number of nitrogens with zero attached hydrogens (tertiary/aromatic N) is 3. The van der Waals surface area contributed by atoms with E-state index in [2.05, 4.69) is 21.7 Å². The van der Waals surface area contributed by atoms with Gasteiger partial charge in [0.15, 0.2) is 0 Å². The molecule has 0 radical (unpaired) electrons. The van der Waals surface area contributed by atoms with Crippen molar-refractivity contribution in [1.82, 2.24) is 19.7 Å². The molecule has 0 saturated carbocycles. The molecule has 1 aliphatic heterocycles. The highest BCUT2D eigenvalue weighted by atomic mass is 19.1. The average molecular weight is 413 g/mol. The van der Waals surface area contributed by atoms with Gasteiger partial charge in [-0.1, -0.05) is 12.1 Å². The van der Waals surface area contributed by atoms with Crippen LogP contribution in [0.25, 0.3) is 16.9 Å². The summed E-state index contributed by atoms with van der Waals surface area (Å²) in [5, 5.41) is 6.29. The Balaban J connectivity index is 1.43. The summed E-state index contributed by atoms with van der Waals surface area (Å²) in [6.45, 7) is 0.436. The normalized spacial score (nSPS) is 14.9. The Hall–Kier alpha value is -3.74. The Morgan fingerprint density at radius 1 is 1.10 bits per heavy atom. The van der Waals surface area contributed by atoms with Gasteiger partial charge in [0.25, 0.3) is 5.91 Å². The third-order valence-electron chi connectivity index (χ3n) is 6.16. The van der Waals surface area contributed by atoms with E-state index in [0.29, 0.717) is 17.8 Å². The van der Waals surface area contributed by atoms with Gasteiger partial charge >= 0.3 is 0 Å². The van der Waals surface area contributed by atoms with Crippen molar-refractivity contribution >= 4 is 23.1 Å². The van der Waals surface area contributed by atoms with Crippen LogP contribution in [0.15, 0.2) is 48.8 Å². The van der Waals surface area contributed by atoms with E-state index in [0.717, 1.165) is 46.9 Å². The summed E-state index contributed by atoms with van der Waals surface area (Å²) in [6, 6.07) is 10.8. The van der Waals surface area contributed by atoms with Crippen LogP contribution in [0.3, 0.4) is 0 Å². The van der Waals surface area contributed by atoms with Gasteiger partial charge in [0.2, 0.25) is 0 Å². The number of hydrogen-bond acceptors (Lipinski definition) is 4. The lowest BCUT2D eigenvalue weighted by Gasteiger charge is -2.17. The maximum absolute atomic E-state index is 13.6. The Bertz CT molecular complexity index is 1360. The zero-order valence-corrected chi connectivity index (χ0v) is 16.8. The largest absolute Gasteiger partial charge is 0.348 e. The van der Waals surface area contributed by atoms with E-state index >= 15 is 0 Å². The lowest BCUT2D eigenvalue weighted by atomic mass is 9.96. The molecule has 31 heavy (non-hydrogen) atoms. The number of aromatic nitrogens is 3. The zero-order valence-electron chi connectivity index (χ0n) is 16.8. The van der Waals surface area contributed by atoms with Gasteiger partial charge in [0, 0.05) is 30.1 Å². The molecule has 1 amide bonds. The lowest BCUT2D eigenvalue weighted by molar-refractivity contribution is 0.0966. The van der Waals surface area contributed by atoms with Crippen LogP contribution in [-0.2, 0) is 19.4 Å². The predicted molar refractivity (Wildman–Crippen MR) is 116 cm³/mol. The molecule has 1 aromatic carbocycles. The molecule has 2 N–H and O–H groups in total. The fourth-order valence-corrected chi connectivity index (χ4v) is 4.64. The highest BCUT2D eigenvalue weighted by Gasteiger charge is 2.27. The Kier molecular flexibility index (Phi) is 4.02. The Labute approximate surface area is 178 Å². The molecule has 3 aromatic heterocycles. The van der Waals surface area contributed by atoms with Gasteiger partial charge in [-0.2, -0.15) is 0 Å². The Morgan fingerprint density at radius 3 is 2.94 bits per heavy atom. The minimum atomic E-state index is -0.330. The van der Waals surface area contributed by atoms with Crippen LogP contribution in [-0.4, -0.2) is 20.3 Å². The zero-order chi connectivity index (χ0) is 20.9. The third kappa shape index (κ3) is 2.96. The standard InChI is InChI=1S/C24H20FN5O/c25-15-9-10-30-20(13-26-22(30)11-15)16-6-7-19(23-17(16)12-27-24(23)31)29-21-8-5-14-3-1-2-4-18(14)28-21/h5-11,13H,1-4,12H2,(H,27,31)(H,28,29). The topological polar surface area (TPSA) is 71.3 Å². The van der Waals surface area contributed by atoms with E-state index in [9.17, 15) is 9.18 Å². The maximum Gasteiger partial charge on any atom is 0.254 e. The smallest absolute Gasteiger partial charge is 0.254 e. The quantitative estimate of drug-likeness (QED) is 0.522. The van der Waals surface area contributed by atoms with Crippen molar-refractivity contribution in [3.05, 3.63) is 77.0 Å². The van der Waals surface area contributed by atoms with E-state index in [4.69, 9.17) is 4.98 Å². The molecule has 1 aliphatic carbocycles. The number of pyridine rings is 2. The number of anilines is 2. The molecule has 0 fully saturated rings. The van der Waals surface area contributed by atoms with E-state index < -0.39 is 0 Å². The molecule has 0 unspecified atom stereocenters. The van der Waals surface area contributed by atoms with Crippen molar-refractivity contribution in [3.8, 4) is 11.3 Å². The first-order valence-electron chi connectivity index (χ1n) is 10.5. The number of aryl methyl sites for hydroxylation is 2. The summed E-state index contributed by atoms with van der Waals surface area (Å²) >= 11 is 0. The second kappa shape index (κ2) is 6.91. The second-order valence-electron chi connectivity index (χ2n) is 8.05. The van der Waals surface area contributed by atoms with Crippen molar-refractivity contribution in [1.29, 1.82) is 0 Å². The molecule has 0 saturated heterocycles. The van der Waals surface area contributed by atoms with Crippen LogP contribution in [0.5, 0.6) is 0 Å². The van der Waals surface area contributed by atoms with Crippen molar-refractivity contribution in [2.45, 2.75) is 32.2 Å². The average Bonchev–Trinajstić information content (AvgIpc) is 3.38. The molecular formula is C24H20FN5O. The molecule has 4 aromatic rings. The summed E-state index contributed by atoms with van der Waals surface area (Å²) in [6.07, 6.45) is 7.83. The molecule has 2 aliphatic rings. The summed E-state index contributed by atoms with van der Waals surface area (Å²) in [7, 11) is 0. The van der Waals surface area contributed by atoms with Gasteiger partial charge in [-0.25, -0.2) is 14.4 Å². The Morgan fingerprint density at radius 2 is 2.00 bits per heavy atom. The van der Waals surface area contributed by atoms with Gasteiger partial charge in [-0.3, -0.25) is 9.20 Å². The lowest BCUT2D eigenvalue weighted by Crippen LogP contribution is -2.14. The minimum absolute atomic E-state index is 0.114. The molecule has 4 heterocycles. The van der Waals surface area contributed by atoms with E-state index in [1.165, 1.54) is 30.5 Å². The monoisotopic (exact) mass is 413 g/mol. The fourth-order valence-electron chi connectivity index (χ4n) is 4.64. The van der Waals surface area contributed by atoms with Gasteiger partial charge in [0.05, 0.1) is 23.1 Å². The number of carbonyl (C=O) groups is 1. The van der Waals surface area contributed by atoms with Crippen LogP contribution >= 0.6 is 0 Å². The number of hydrogen-bond donors (Lipinski definition) is 2. The van der Waals surface area contributed by atoms with Gasteiger partial charge in [-0.15, -0.1) is 0 Å². The number of halogens is 1. The first-order valence-corrected chi connectivity index (χ1v) is 10.5. The predicted octanol–water partition coefficient (Wildman–Crippen LogP) is 4.40. The minimum Gasteiger partial charge on any atom is -0.348 e. The van der Waals surface area contributed by atoms with E-state index in [1.807, 2.05) is 22.6 Å². The molecule has 0 bridgehead atoms. The van der Waals surface area contributed by atoms with Crippen LogP contribution in [0.4, 0.5) is 15.9 Å². The SMILES string of the molecule is O=C1NCc2c(-c3cnc4cc(F)ccn34)ccc(Nc3ccc4c(n3)CCCC4)c21. The van der Waals surface area contributed by atoms with Crippen LogP contribution < -0.4 is 10.6 Å². The summed E-state index contributed by atoms with van der Waals surface area (Å²) < 4.78 is 15.4. The number of benzene rings is 1. The van der Waals surface area contributed by atoms with Crippen LogP contribution in [0.1, 0.15) is 40.0 Å². The maximum atomic E-state index is 13.6. The third-order valence-corrected chi connectivity index (χ3v) is 6.16. The van der Waals surface area contributed by atoms with Gasteiger partial charge in [-0.05, 0) is 55.0 Å².